The van der Waals surface area contributed by atoms with E-state index in [1.807, 2.05) is 30.3 Å². The Balaban J connectivity index is 2.48. The molecule has 0 aliphatic carbocycles. The van der Waals surface area contributed by atoms with Gasteiger partial charge in [-0.3, -0.25) is 4.79 Å². The first-order chi connectivity index (χ1) is 8.22. The zero-order chi connectivity index (χ0) is 13.8. The molecule has 0 aliphatic heterocycles. The van der Waals surface area contributed by atoms with Crippen LogP contribution >= 0.6 is 0 Å². The Labute approximate surface area is 111 Å². The summed E-state index contributed by atoms with van der Waals surface area (Å²) in [6, 6.07) is 9.67. The van der Waals surface area contributed by atoms with Crippen molar-refractivity contribution < 1.29 is 9.22 Å². The van der Waals surface area contributed by atoms with E-state index in [1.54, 1.807) is 0 Å². The molecule has 0 heterocycles. The van der Waals surface area contributed by atoms with Crippen LogP contribution in [0.15, 0.2) is 30.3 Å². The lowest BCUT2D eigenvalue weighted by Gasteiger charge is -2.35. The number of rotatable bonds is 4. The van der Waals surface area contributed by atoms with E-state index in [0.717, 1.165) is 5.69 Å². The average molecular weight is 265 g/mol. The van der Waals surface area contributed by atoms with Gasteiger partial charge in [-0.1, -0.05) is 39.0 Å². The van der Waals surface area contributed by atoms with E-state index >= 15 is 0 Å². The van der Waals surface area contributed by atoms with Gasteiger partial charge in [-0.15, -0.1) is 0 Å². The summed E-state index contributed by atoms with van der Waals surface area (Å²) in [5, 5.41) is 3.12. The van der Waals surface area contributed by atoms with Crippen LogP contribution in [-0.2, 0) is 9.22 Å². The summed E-state index contributed by atoms with van der Waals surface area (Å²) in [7, 11) is -2.00. The molecule has 0 atom stereocenters. The van der Waals surface area contributed by atoms with Gasteiger partial charge in [0.15, 0.2) is 0 Å². The van der Waals surface area contributed by atoms with Crippen molar-refractivity contribution in [1.29, 1.82) is 0 Å². The molecule has 0 saturated heterocycles. The standard InChI is InChI=1S/C14H23NO2Si/c1-14(2,3)18(4,5)17-13(16)11-15-12-9-7-6-8-10-12/h6-10,15H,11H2,1-5H3. The lowest BCUT2D eigenvalue weighted by molar-refractivity contribution is -0.133. The van der Waals surface area contributed by atoms with Crippen LogP contribution in [0.1, 0.15) is 20.8 Å². The summed E-state index contributed by atoms with van der Waals surface area (Å²) in [4.78, 5) is 11.8. The van der Waals surface area contributed by atoms with Crippen LogP contribution in [-0.4, -0.2) is 20.8 Å². The molecule has 0 amide bonds. The zero-order valence-electron chi connectivity index (χ0n) is 11.9. The normalized spacial score (nSPS) is 12.1. The maximum Gasteiger partial charge on any atom is 0.312 e. The van der Waals surface area contributed by atoms with Gasteiger partial charge in [0, 0.05) is 5.69 Å². The van der Waals surface area contributed by atoms with Gasteiger partial charge >= 0.3 is 5.97 Å². The number of carbonyl (C=O) groups excluding carboxylic acids is 1. The molecule has 3 nitrogen and oxygen atoms in total. The highest BCUT2D eigenvalue weighted by Crippen LogP contribution is 2.36. The van der Waals surface area contributed by atoms with Crippen molar-refractivity contribution in [2.24, 2.45) is 0 Å². The van der Waals surface area contributed by atoms with Crippen LogP contribution in [0.4, 0.5) is 5.69 Å². The highest BCUT2D eigenvalue weighted by molar-refractivity contribution is 6.75. The fourth-order valence-electron chi connectivity index (χ4n) is 1.20. The molecule has 0 aliphatic rings. The number of para-hydroxylation sites is 1. The zero-order valence-corrected chi connectivity index (χ0v) is 12.9. The Hall–Kier alpha value is -1.29. The molecule has 1 N–H and O–H groups in total. The molecular weight excluding hydrogens is 242 g/mol. The summed E-state index contributed by atoms with van der Waals surface area (Å²) < 4.78 is 5.66. The quantitative estimate of drug-likeness (QED) is 0.845. The number of benzene rings is 1. The number of hydrogen-bond donors (Lipinski definition) is 1. The van der Waals surface area contributed by atoms with Crippen LogP contribution in [0.25, 0.3) is 0 Å². The van der Waals surface area contributed by atoms with Crippen LogP contribution in [0.5, 0.6) is 0 Å². The van der Waals surface area contributed by atoms with Crippen LogP contribution in [0, 0.1) is 0 Å². The fourth-order valence-corrected chi connectivity index (χ4v) is 2.15. The second-order valence-corrected chi connectivity index (χ2v) is 10.7. The van der Waals surface area contributed by atoms with Gasteiger partial charge in [0.2, 0.25) is 0 Å². The maximum absolute atomic E-state index is 11.8. The van der Waals surface area contributed by atoms with E-state index in [2.05, 4.69) is 39.2 Å². The molecule has 0 saturated carbocycles. The summed E-state index contributed by atoms with van der Waals surface area (Å²) >= 11 is 0. The second-order valence-electron chi connectivity index (χ2n) is 5.95. The number of anilines is 1. The van der Waals surface area contributed by atoms with Gasteiger partial charge in [0.1, 0.15) is 6.54 Å². The predicted octanol–water partition coefficient (Wildman–Crippen LogP) is 3.65. The lowest BCUT2D eigenvalue weighted by Crippen LogP contribution is -2.43. The number of carbonyl (C=O) groups is 1. The van der Waals surface area contributed by atoms with Crippen molar-refractivity contribution in [3.8, 4) is 0 Å². The first-order valence-corrected chi connectivity index (χ1v) is 9.14. The van der Waals surface area contributed by atoms with Gasteiger partial charge in [-0.25, -0.2) is 0 Å². The fraction of sp³-hybridized carbons (Fsp3) is 0.500. The van der Waals surface area contributed by atoms with Crippen molar-refractivity contribution in [3.05, 3.63) is 30.3 Å². The monoisotopic (exact) mass is 265 g/mol. The van der Waals surface area contributed by atoms with E-state index in [-0.39, 0.29) is 17.6 Å². The van der Waals surface area contributed by atoms with Crippen LogP contribution in [0.2, 0.25) is 18.1 Å². The minimum Gasteiger partial charge on any atom is -0.518 e. The third-order valence-electron chi connectivity index (χ3n) is 3.39. The highest BCUT2D eigenvalue weighted by atomic mass is 28.4. The van der Waals surface area contributed by atoms with Gasteiger partial charge in [0.25, 0.3) is 8.32 Å². The smallest absolute Gasteiger partial charge is 0.312 e. The maximum atomic E-state index is 11.8. The van der Waals surface area contributed by atoms with Crippen molar-refractivity contribution in [2.75, 3.05) is 11.9 Å². The van der Waals surface area contributed by atoms with Gasteiger partial charge in [-0.2, -0.15) is 0 Å². The molecule has 1 aromatic carbocycles. The minimum atomic E-state index is -2.00. The highest BCUT2D eigenvalue weighted by Gasteiger charge is 2.40. The summed E-state index contributed by atoms with van der Waals surface area (Å²) in [5.41, 5.74) is 0.935. The van der Waals surface area contributed by atoms with E-state index in [9.17, 15) is 4.79 Å². The summed E-state index contributed by atoms with van der Waals surface area (Å²) in [6.07, 6.45) is 0. The third-order valence-corrected chi connectivity index (χ3v) is 7.74. The Kier molecular flexibility index (Phi) is 4.57. The molecule has 0 aromatic heterocycles. The Morgan fingerprint density at radius 1 is 1.22 bits per heavy atom. The molecule has 4 heteroatoms. The number of nitrogens with one attached hydrogen (secondary N) is 1. The van der Waals surface area contributed by atoms with E-state index < -0.39 is 8.32 Å². The van der Waals surface area contributed by atoms with Crippen LogP contribution < -0.4 is 5.32 Å². The summed E-state index contributed by atoms with van der Waals surface area (Å²) in [6.45, 7) is 10.7. The van der Waals surface area contributed by atoms with Crippen molar-refractivity contribution in [1.82, 2.24) is 0 Å². The Morgan fingerprint density at radius 2 is 1.78 bits per heavy atom. The molecule has 0 bridgehead atoms. The SMILES string of the molecule is CC(C)(C)[Si](C)(C)OC(=O)CNc1ccccc1. The van der Waals surface area contributed by atoms with E-state index in [1.165, 1.54) is 0 Å². The lowest BCUT2D eigenvalue weighted by atomic mass is 10.2. The van der Waals surface area contributed by atoms with Crippen molar-refractivity contribution >= 4 is 20.0 Å². The Morgan fingerprint density at radius 3 is 2.28 bits per heavy atom. The third kappa shape index (κ3) is 4.18. The Bertz CT molecular complexity index is 396. The second kappa shape index (κ2) is 5.57. The van der Waals surface area contributed by atoms with Crippen LogP contribution in [0.3, 0.4) is 0 Å². The average Bonchev–Trinajstić information content (AvgIpc) is 2.26. The largest absolute Gasteiger partial charge is 0.518 e. The number of hydrogen-bond acceptors (Lipinski definition) is 3. The molecule has 0 fully saturated rings. The molecule has 1 aromatic rings. The molecule has 18 heavy (non-hydrogen) atoms. The van der Waals surface area contributed by atoms with Crippen molar-refractivity contribution in [2.45, 2.75) is 38.9 Å². The molecule has 0 radical (unpaired) electrons. The van der Waals surface area contributed by atoms with E-state index in [0.29, 0.717) is 0 Å². The van der Waals surface area contributed by atoms with Gasteiger partial charge in [-0.05, 0) is 30.3 Å². The molecule has 1 rings (SSSR count). The molecule has 0 spiro atoms. The van der Waals surface area contributed by atoms with E-state index in [4.69, 9.17) is 4.43 Å². The van der Waals surface area contributed by atoms with Crippen molar-refractivity contribution in [3.63, 3.8) is 0 Å². The molecular formula is C14H23NO2Si. The summed E-state index contributed by atoms with van der Waals surface area (Å²) in [5.74, 6) is -0.176. The molecule has 0 unspecified atom stereocenters. The first-order valence-electron chi connectivity index (χ1n) is 6.23. The first kappa shape index (κ1) is 14.8. The van der Waals surface area contributed by atoms with Gasteiger partial charge < -0.3 is 9.74 Å². The molecule has 100 valence electrons. The topological polar surface area (TPSA) is 38.3 Å². The predicted molar refractivity (Wildman–Crippen MR) is 78.2 cm³/mol. The minimum absolute atomic E-state index is 0.0510. The van der Waals surface area contributed by atoms with Gasteiger partial charge in [0.05, 0.1) is 0 Å².